The normalized spacial score (nSPS) is 23.2. The fourth-order valence-electron chi connectivity index (χ4n) is 4.15. The third kappa shape index (κ3) is 3.20. The molecule has 0 saturated carbocycles. The molecule has 0 unspecified atom stereocenters. The average molecular weight is 367 g/mol. The topological polar surface area (TPSA) is 70.1 Å². The van der Waals surface area contributed by atoms with E-state index in [0.717, 1.165) is 25.2 Å². The number of nitrogens with zero attached hydrogens (tertiary/aromatic N) is 2. The van der Waals surface area contributed by atoms with Crippen LogP contribution in [0, 0.1) is 5.92 Å². The van der Waals surface area contributed by atoms with E-state index >= 15 is 0 Å². The van der Waals surface area contributed by atoms with Gasteiger partial charge in [0.2, 0.25) is 5.91 Å². The predicted molar refractivity (Wildman–Crippen MR) is 93.8 cm³/mol. The maximum Gasteiger partial charge on any atom is 0.309 e. The number of carbonyl (C=O) groups is 2. The zero-order valence-electron chi connectivity index (χ0n) is 14.5. The summed E-state index contributed by atoms with van der Waals surface area (Å²) < 4.78 is 5.17. The first-order valence-corrected chi connectivity index (χ1v) is 8.79. The molecule has 136 valence electrons. The summed E-state index contributed by atoms with van der Waals surface area (Å²) in [6.07, 6.45) is 1.46. The minimum absolute atomic E-state index is 0.0669. The Morgan fingerprint density at radius 1 is 1.40 bits per heavy atom. The molecule has 1 spiro atoms. The summed E-state index contributed by atoms with van der Waals surface area (Å²) in [5, 5.41) is 10.1. The van der Waals surface area contributed by atoms with Crippen molar-refractivity contribution < 1.29 is 19.4 Å². The Hall–Kier alpha value is -1.79. The lowest BCUT2D eigenvalue weighted by Gasteiger charge is -2.45. The molecule has 2 saturated heterocycles. The standard InChI is InChI=1S/C18H23ClN2O4/c1-20-16(22)10-13(17(23)24)18(20)5-7-21(8-6-18)11-12-3-4-15(25-2)14(19)9-12/h3-4,9,13H,5-8,10-11H2,1-2H3,(H,23,24)/t13-/m0/s1. The van der Waals surface area contributed by atoms with E-state index in [-0.39, 0.29) is 12.3 Å². The van der Waals surface area contributed by atoms with Crippen LogP contribution in [0.25, 0.3) is 0 Å². The van der Waals surface area contributed by atoms with E-state index in [9.17, 15) is 14.7 Å². The summed E-state index contributed by atoms with van der Waals surface area (Å²) in [5.41, 5.74) is 0.546. The first-order chi connectivity index (χ1) is 11.9. The molecule has 0 aliphatic carbocycles. The Labute approximate surface area is 152 Å². The summed E-state index contributed by atoms with van der Waals surface area (Å²) in [4.78, 5) is 27.6. The molecule has 2 heterocycles. The second-order valence-electron chi connectivity index (χ2n) is 6.90. The number of carboxylic acid groups (broad SMARTS) is 1. The van der Waals surface area contributed by atoms with Gasteiger partial charge >= 0.3 is 5.97 Å². The lowest BCUT2D eigenvalue weighted by atomic mass is 9.77. The summed E-state index contributed by atoms with van der Waals surface area (Å²) >= 11 is 6.18. The minimum atomic E-state index is -0.868. The SMILES string of the molecule is COc1ccc(CN2CCC3(CC2)[C@H](C(=O)O)CC(=O)N3C)cc1Cl. The zero-order valence-corrected chi connectivity index (χ0v) is 15.3. The van der Waals surface area contributed by atoms with Crippen LogP contribution in [0.1, 0.15) is 24.8 Å². The quantitative estimate of drug-likeness (QED) is 0.885. The fraction of sp³-hybridized carbons (Fsp3) is 0.556. The van der Waals surface area contributed by atoms with Crippen molar-refractivity contribution in [1.29, 1.82) is 0 Å². The molecule has 2 aliphatic rings. The number of benzene rings is 1. The third-order valence-corrected chi connectivity index (χ3v) is 6.01. The van der Waals surface area contributed by atoms with E-state index < -0.39 is 17.4 Å². The molecule has 0 bridgehead atoms. The molecule has 1 aromatic rings. The molecule has 1 amide bonds. The van der Waals surface area contributed by atoms with Gasteiger partial charge in [0.15, 0.2) is 0 Å². The van der Waals surface area contributed by atoms with E-state index in [0.29, 0.717) is 23.6 Å². The molecular weight excluding hydrogens is 344 g/mol. The molecule has 0 radical (unpaired) electrons. The Morgan fingerprint density at radius 2 is 2.08 bits per heavy atom. The summed E-state index contributed by atoms with van der Waals surface area (Å²) in [6.45, 7) is 2.26. The number of hydrogen-bond donors (Lipinski definition) is 1. The first-order valence-electron chi connectivity index (χ1n) is 8.41. The van der Waals surface area contributed by atoms with Crippen molar-refractivity contribution >= 4 is 23.5 Å². The van der Waals surface area contributed by atoms with E-state index in [1.165, 1.54) is 0 Å². The van der Waals surface area contributed by atoms with Gasteiger partial charge in [0.1, 0.15) is 5.75 Å². The maximum absolute atomic E-state index is 12.1. The smallest absolute Gasteiger partial charge is 0.309 e. The van der Waals surface area contributed by atoms with E-state index in [1.807, 2.05) is 18.2 Å². The first kappa shape index (κ1) is 18.0. The van der Waals surface area contributed by atoms with Crippen LogP contribution < -0.4 is 4.74 Å². The fourth-order valence-corrected chi connectivity index (χ4v) is 4.43. The molecule has 2 fully saturated rings. The number of carbonyl (C=O) groups excluding carboxylic acids is 1. The van der Waals surface area contributed by atoms with Crippen LogP contribution in [-0.4, -0.2) is 59.6 Å². The van der Waals surface area contributed by atoms with Gasteiger partial charge < -0.3 is 14.7 Å². The highest BCUT2D eigenvalue weighted by molar-refractivity contribution is 6.32. The largest absolute Gasteiger partial charge is 0.495 e. The van der Waals surface area contributed by atoms with Gasteiger partial charge in [-0.05, 0) is 30.5 Å². The molecule has 1 atom stereocenters. The molecule has 1 N–H and O–H groups in total. The zero-order chi connectivity index (χ0) is 18.2. The number of carboxylic acids is 1. The lowest BCUT2D eigenvalue weighted by Crippen LogP contribution is -2.55. The van der Waals surface area contributed by atoms with Crippen LogP contribution in [0.15, 0.2) is 18.2 Å². The van der Waals surface area contributed by atoms with E-state index in [1.54, 1.807) is 19.1 Å². The average Bonchev–Trinajstić information content (AvgIpc) is 2.83. The van der Waals surface area contributed by atoms with Gasteiger partial charge in [0, 0.05) is 33.1 Å². The molecule has 0 aromatic heterocycles. The number of hydrogen-bond acceptors (Lipinski definition) is 4. The third-order valence-electron chi connectivity index (χ3n) is 5.71. The highest BCUT2D eigenvalue weighted by atomic mass is 35.5. The molecule has 25 heavy (non-hydrogen) atoms. The van der Waals surface area contributed by atoms with Crippen LogP contribution in [0.5, 0.6) is 5.75 Å². The Bertz CT molecular complexity index is 686. The Morgan fingerprint density at radius 3 is 2.64 bits per heavy atom. The van der Waals surface area contributed by atoms with Crippen molar-refractivity contribution in [1.82, 2.24) is 9.80 Å². The van der Waals surface area contributed by atoms with Crippen molar-refractivity contribution in [2.75, 3.05) is 27.2 Å². The number of piperidine rings is 1. The number of aliphatic carboxylic acids is 1. The number of likely N-dealkylation sites (tertiary alicyclic amines) is 2. The van der Waals surface area contributed by atoms with Crippen molar-refractivity contribution in [3.63, 3.8) is 0 Å². The molecule has 7 heteroatoms. The molecule has 6 nitrogen and oxygen atoms in total. The van der Waals surface area contributed by atoms with E-state index in [4.69, 9.17) is 16.3 Å². The highest BCUT2D eigenvalue weighted by Crippen LogP contribution is 2.43. The van der Waals surface area contributed by atoms with Crippen LogP contribution >= 0.6 is 11.6 Å². The second-order valence-corrected chi connectivity index (χ2v) is 7.30. The van der Waals surface area contributed by atoms with E-state index in [2.05, 4.69) is 4.90 Å². The number of rotatable bonds is 4. The predicted octanol–water partition coefficient (Wildman–Crippen LogP) is 2.25. The number of ether oxygens (including phenoxy) is 1. The minimum Gasteiger partial charge on any atom is -0.495 e. The van der Waals surface area contributed by atoms with Gasteiger partial charge in [-0.25, -0.2) is 0 Å². The monoisotopic (exact) mass is 366 g/mol. The lowest BCUT2D eigenvalue weighted by molar-refractivity contribution is -0.146. The maximum atomic E-state index is 12.1. The van der Waals surface area contributed by atoms with Gasteiger partial charge in [-0.1, -0.05) is 17.7 Å². The van der Waals surface area contributed by atoms with Crippen molar-refractivity contribution in [2.45, 2.75) is 31.3 Å². The van der Waals surface area contributed by atoms with Gasteiger partial charge in [0.25, 0.3) is 0 Å². The van der Waals surface area contributed by atoms with Gasteiger partial charge in [-0.2, -0.15) is 0 Å². The summed E-state index contributed by atoms with van der Waals surface area (Å²) in [6, 6.07) is 5.74. The second kappa shape index (κ2) is 6.84. The van der Waals surface area contributed by atoms with Gasteiger partial charge in [-0.3, -0.25) is 14.5 Å². The van der Waals surface area contributed by atoms with Crippen LogP contribution in [-0.2, 0) is 16.1 Å². The molecule has 1 aromatic carbocycles. The Balaban J connectivity index is 1.68. The molecular formula is C18H23ClN2O4. The number of halogens is 1. The van der Waals surface area contributed by atoms with Crippen LogP contribution in [0.3, 0.4) is 0 Å². The van der Waals surface area contributed by atoms with Crippen molar-refractivity contribution in [2.24, 2.45) is 5.92 Å². The van der Waals surface area contributed by atoms with Gasteiger partial charge in [-0.15, -0.1) is 0 Å². The number of amides is 1. The van der Waals surface area contributed by atoms with Crippen LogP contribution in [0.2, 0.25) is 5.02 Å². The highest BCUT2D eigenvalue weighted by Gasteiger charge is 2.55. The molecule has 2 aliphatic heterocycles. The Kier molecular flexibility index (Phi) is 4.93. The van der Waals surface area contributed by atoms with Crippen molar-refractivity contribution in [3.8, 4) is 5.75 Å². The van der Waals surface area contributed by atoms with Crippen molar-refractivity contribution in [3.05, 3.63) is 28.8 Å². The van der Waals surface area contributed by atoms with Gasteiger partial charge in [0.05, 0.1) is 23.6 Å². The number of methoxy groups -OCH3 is 1. The summed E-state index contributed by atoms with van der Waals surface area (Å²) in [5.74, 6) is -0.892. The summed E-state index contributed by atoms with van der Waals surface area (Å²) in [7, 11) is 3.33. The molecule has 3 rings (SSSR count). The van der Waals surface area contributed by atoms with Crippen LogP contribution in [0.4, 0.5) is 0 Å².